The van der Waals surface area contributed by atoms with Crippen molar-refractivity contribution in [2.45, 2.75) is 45.4 Å². The molecule has 3 heteroatoms. The van der Waals surface area contributed by atoms with Crippen LogP contribution in [0.4, 0.5) is 5.69 Å². The fourth-order valence-corrected chi connectivity index (χ4v) is 3.31. The van der Waals surface area contributed by atoms with Crippen molar-refractivity contribution < 1.29 is 4.79 Å². The lowest BCUT2D eigenvalue weighted by atomic mass is 9.78. The lowest BCUT2D eigenvalue weighted by Gasteiger charge is -2.34. The third-order valence-corrected chi connectivity index (χ3v) is 4.60. The number of rotatable bonds is 6. The predicted molar refractivity (Wildman–Crippen MR) is 88.2 cm³/mol. The van der Waals surface area contributed by atoms with E-state index in [9.17, 15) is 4.79 Å². The molecule has 1 aliphatic rings. The molecule has 2 atom stereocenters. The molecule has 0 saturated heterocycles. The van der Waals surface area contributed by atoms with Crippen LogP contribution in [0, 0.1) is 11.8 Å². The van der Waals surface area contributed by atoms with Crippen molar-refractivity contribution in [3.63, 3.8) is 0 Å². The van der Waals surface area contributed by atoms with Gasteiger partial charge in [0.25, 0.3) is 0 Å². The van der Waals surface area contributed by atoms with Gasteiger partial charge in [0.05, 0.1) is 0 Å². The van der Waals surface area contributed by atoms with Gasteiger partial charge in [-0.25, -0.2) is 0 Å². The van der Waals surface area contributed by atoms with Gasteiger partial charge in [-0.15, -0.1) is 0 Å². The average Bonchev–Trinajstić information content (AvgIpc) is 2.56. The van der Waals surface area contributed by atoms with E-state index in [1.165, 1.54) is 6.42 Å². The topological polar surface area (TPSA) is 46.3 Å². The highest BCUT2D eigenvalue weighted by molar-refractivity contribution is 5.95. The van der Waals surface area contributed by atoms with Crippen molar-refractivity contribution >= 4 is 11.6 Å². The summed E-state index contributed by atoms with van der Waals surface area (Å²) in [6.07, 6.45) is 6.61. The van der Waals surface area contributed by atoms with Crippen molar-refractivity contribution in [2.75, 3.05) is 18.0 Å². The Morgan fingerprint density at radius 1 is 1.24 bits per heavy atom. The lowest BCUT2D eigenvalue weighted by molar-refractivity contribution is -0.125. The molecule has 0 heterocycles. The molecular weight excluding hydrogens is 260 g/mol. The maximum Gasteiger partial charge on any atom is 0.230 e. The molecular formula is C18H28N2O. The van der Waals surface area contributed by atoms with Gasteiger partial charge in [0, 0.05) is 18.2 Å². The summed E-state index contributed by atoms with van der Waals surface area (Å²) in [5.74, 6) is 0.754. The van der Waals surface area contributed by atoms with Gasteiger partial charge in [-0.1, -0.05) is 44.4 Å². The van der Waals surface area contributed by atoms with Gasteiger partial charge in [0.15, 0.2) is 0 Å². The standard InChI is InChI=1S/C18H28N2O/c1-2-3-13-20(16-10-5-4-6-11-16)18(21)17-12-8-7-9-15(17)14-19/h4-6,10-11,15,17H,2-3,7-9,12-14,19H2,1H3. The number of carbonyl (C=O) groups is 1. The zero-order chi connectivity index (χ0) is 15.1. The molecule has 1 aromatic rings. The summed E-state index contributed by atoms with van der Waals surface area (Å²) in [7, 11) is 0. The molecule has 1 aliphatic carbocycles. The fraction of sp³-hybridized carbons (Fsp3) is 0.611. The van der Waals surface area contributed by atoms with Crippen molar-refractivity contribution in [3.8, 4) is 0 Å². The van der Waals surface area contributed by atoms with Crippen molar-refractivity contribution in [1.82, 2.24) is 0 Å². The molecule has 1 fully saturated rings. The number of benzene rings is 1. The molecule has 2 unspecified atom stereocenters. The molecule has 0 aliphatic heterocycles. The smallest absolute Gasteiger partial charge is 0.230 e. The zero-order valence-electron chi connectivity index (χ0n) is 13.1. The Kier molecular flexibility index (Phi) is 6.24. The van der Waals surface area contributed by atoms with Gasteiger partial charge in [-0.3, -0.25) is 4.79 Å². The molecule has 0 spiro atoms. The van der Waals surface area contributed by atoms with Crippen LogP contribution in [0.25, 0.3) is 0 Å². The van der Waals surface area contributed by atoms with Crippen LogP contribution < -0.4 is 10.6 Å². The number of anilines is 1. The van der Waals surface area contributed by atoms with E-state index in [0.717, 1.165) is 44.3 Å². The molecule has 1 saturated carbocycles. The Balaban J connectivity index is 2.17. The van der Waals surface area contributed by atoms with E-state index < -0.39 is 0 Å². The van der Waals surface area contributed by atoms with E-state index in [-0.39, 0.29) is 11.8 Å². The van der Waals surface area contributed by atoms with E-state index in [1.807, 2.05) is 35.2 Å². The van der Waals surface area contributed by atoms with Crippen LogP contribution in [0.2, 0.25) is 0 Å². The minimum atomic E-state index is 0.112. The molecule has 3 nitrogen and oxygen atoms in total. The number of hydrogen-bond donors (Lipinski definition) is 1. The summed E-state index contributed by atoms with van der Waals surface area (Å²) in [5.41, 5.74) is 6.92. The number of unbranched alkanes of at least 4 members (excludes halogenated alkanes) is 1. The number of nitrogens with zero attached hydrogens (tertiary/aromatic N) is 1. The number of amides is 1. The van der Waals surface area contributed by atoms with Crippen LogP contribution >= 0.6 is 0 Å². The number of hydrogen-bond acceptors (Lipinski definition) is 2. The number of para-hydroxylation sites is 1. The van der Waals surface area contributed by atoms with Gasteiger partial charge in [-0.2, -0.15) is 0 Å². The molecule has 0 bridgehead atoms. The SMILES string of the molecule is CCCCN(C(=O)C1CCCCC1CN)c1ccccc1. The Bertz CT molecular complexity index is 432. The first-order valence-electron chi connectivity index (χ1n) is 8.34. The summed E-state index contributed by atoms with van der Waals surface area (Å²) in [5, 5.41) is 0. The van der Waals surface area contributed by atoms with Crippen LogP contribution in [-0.2, 0) is 4.79 Å². The number of carbonyl (C=O) groups excluding carboxylic acids is 1. The molecule has 1 amide bonds. The molecule has 21 heavy (non-hydrogen) atoms. The maximum absolute atomic E-state index is 13.0. The second-order valence-electron chi connectivity index (χ2n) is 6.07. The van der Waals surface area contributed by atoms with Gasteiger partial charge in [0.2, 0.25) is 5.91 Å². The summed E-state index contributed by atoms with van der Waals surface area (Å²) in [6.45, 7) is 3.61. The Labute approximate surface area is 128 Å². The van der Waals surface area contributed by atoms with Crippen molar-refractivity contribution in [2.24, 2.45) is 17.6 Å². The van der Waals surface area contributed by atoms with Crippen LogP contribution in [0.5, 0.6) is 0 Å². The highest BCUT2D eigenvalue weighted by Gasteiger charge is 2.33. The van der Waals surface area contributed by atoms with E-state index in [2.05, 4.69) is 6.92 Å². The minimum absolute atomic E-state index is 0.112. The van der Waals surface area contributed by atoms with Gasteiger partial charge in [-0.05, 0) is 43.9 Å². The summed E-state index contributed by atoms with van der Waals surface area (Å²) >= 11 is 0. The first-order chi connectivity index (χ1) is 10.3. The maximum atomic E-state index is 13.0. The lowest BCUT2D eigenvalue weighted by Crippen LogP contribution is -2.43. The summed E-state index contributed by atoms with van der Waals surface area (Å²) < 4.78 is 0. The van der Waals surface area contributed by atoms with Crippen LogP contribution in [-0.4, -0.2) is 19.0 Å². The monoisotopic (exact) mass is 288 g/mol. The Hall–Kier alpha value is -1.35. The molecule has 116 valence electrons. The molecule has 2 rings (SSSR count). The first kappa shape index (κ1) is 16.0. The highest BCUT2D eigenvalue weighted by atomic mass is 16.2. The highest BCUT2D eigenvalue weighted by Crippen LogP contribution is 2.32. The quantitative estimate of drug-likeness (QED) is 0.869. The summed E-state index contributed by atoms with van der Waals surface area (Å²) in [6, 6.07) is 10.1. The van der Waals surface area contributed by atoms with E-state index in [0.29, 0.717) is 12.5 Å². The third-order valence-electron chi connectivity index (χ3n) is 4.60. The third kappa shape index (κ3) is 4.07. The zero-order valence-corrected chi connectivity index (χ0v) is 13.1. The van der Waals surface area contributed by atoms with Crippen molar-refractivity contribution in [3.05, 3.63) is 30.3 Å². The van der Waals surface area contributed by atoms with Crippen molar-refractivity contribution in [1.29, 1.82) is 0 Å². The van der Waals surface area contributed by atoms with Gasteiger partial charge >= 0.3 is 0 Å². The van der Waals surface area contributed by atoms with E-state index in [4.69, 9.17) is 5.73 Å². The van der Waals surface area contributed by atoms with E-state index >= 15 is 0 Å². The largest absolute Gasteiger partial charge is 0.330 e. The predicted octanol–water partition coefficient (Wildman–Crippen LogP) is 3.58. The molecule has 0 aromatic heterocycles. The normalized spacial score (nSPS) is 22.0. The number of nitrogens with two attached hydrogens (primary N) is 1. The molecule has 1 aromatic carbocycles. The second-order valence-corrected chi connectivity index (χ2v) is 6.07. The van der Waals surface area contributed by atoms with Crippen LogP contribution in [0.1, 0.15) is 45.4 Å². The molecule has 0 radical (unpaired) electrons. The average molecular weight is 288 g/mol. The van der Waals surface area contributed by atoms with E-state index in [1.54, 1.807) is 0 Å². The Morgan fingerprint density at radius 2 is 1.95 bits per heavy atom. The second kappa shape index (κ2) is 8.18. The van der Waals surface area contributed by atoms with Gasteiger partial charge in [0.1, 0.15) is 0 Å². The first-order valence-corrected chi connectivity index (χ1v) is 8.34. The molecule has 2 N–H and O–H groups in total. The van der Waals surface area contributed by atoms with Crippen LogP contribution in [0.3, 0.4) is 0 Å². The Morgan fingerprint density at radius 3 is 2.62 bits per heavy atom. The summed E-state index contributed by atoms with van der Waals surface area (Å²) in [4.78, 5) is 15.0. The fourth-order valence-electron chi connectivity index (χ4n) is 3.31. The van der Waals surface area contributed by atoms with Gasteiger partial charge < -0.3 is 10.6 Å². The minimum Gasteiger partial charge on any atom is -0.330 e. The van der Waals surface area contributed by atoms with Crippen LogP contribution in [0.15, 0.2) is 30.3 Å².